The van der Waals surface area contributed by atoms with Gasteiger partial charge in [-0.25, -0.2) is 9.78 Å². The number of anilines is 1. The summed E-state index contributed by atoms with van der Waals surface area (Å²) >= 11 is 0. The summed E-state index contributed by atoms with van der Waals surface area (Å²) in [4.78, 5) is 22.6. The standard InChI is InChI=1S/C32H33N3O3/c1-24(2)37-32(36)30-29(26-11-5-3-6-12-26)16-17-33-31(30)35-20-18-34(19-21-35)23-25-10-9-15-28(22-25)38-27-13-7-4-8-14-27/h3-17,22,24H,18-21,23H2,1-2H3. The van der Waals surface area contributed by atoms with E-state index in [4.69, 9.17) is 9.47 Å². The van der Waals surface area contributed by atoms with Crippen LogP contribution in [0, 0.1) is 0 Å². The molecule has 1 aromatic heterocycles. The van der Waals surface area contributed by atoms with Crippen LogP contribution in [0.25, 0.3) is 11.1 Å². The van der Waals surface area contributed by atoms with Crippen LogP contribution in [0.3, 0.4) is 0 Å². The van der Waals surface area contributed by atoms with E-state index in [1.54, 1.807) is 6.20 Å². The molecule has 0 saturated carbocycles. The number of carbonyl (C=O) groups excluding carboxylic acids is 1. The number of carbonyl (C=O) groups is 1. The van der Waals surface area contributed by atoms with Crippen LogP contribution in [0.2, 0.25) is 0 Å². The summed E-state index contributed by atoms with van der Waals surface area (Å²) in [6.07, 6.45) is 1.58. The second-order valence-electron chi connectivity index (χ2n) is 9.70. The predicted molar refractivity (Wildman–Crippen MR) is 151 cm³/mol. The Hall–Kier alpha value is -4.16. The molecule has 1 aliphatic heterocycles. The lowest BCUT2D eigenvalue weighted by Crippen LogP contribution is -2.46. The van der Waals surface area contributed by atoms with Crippen molar-refractivity contribution in [1.82, 2.24) is 9.88 Å². The zero-order chi connectivity index (χ0) is 26.3. The highest BCUT2D eigenvalue weighted by Crippen LogP contribution is 2.31. The van der Waals surface area contributed by atoms with Gasteiger partial charge in [0.1, 0.15) is 22.9 Å². The molecule has 1 fully saturated rings. The molecule has 0 amide bonds. The van der Waals surface area contributed by atoms with Crippen LogP contribution < -0.4 is 9.64 Å². The maximum absolute atomic E-state index is 13.3. The fourth-order valence-corrected chi connectivity index (χ4v) is 4.73. The van der Waals surface area contributed by atoms with Gasteiger partial charge in [-0.2, -0.15) is 0 Å². The number of hydrogen-bond donors (Lipinski definition) is 0. The van der Waals surface area contributed by atoms with Crippen LogP contribution in [0.4, 0.5) is 5.82 Å². The van der Waals surface area contributed by atoms with E-state index in [0.29, 0.717) is 11.4 Å². The summed E-state index contributed by atoms with van der Waals surface area (Å²) in [5, 5.41) is 0. The lowest BCUT2D eigenvalue weighted by atomic mass is 10.00. The normalized spacial score (nSPS) is 13.9. The minimum Gasteiger partial charge on any atom is -0.459 e. The van der Waals surface area contributed by atoms with E-state index in [1.165, 1.54) is 5.56 Å². The van der Waals surface area contributed by atoms with Crippen molar-refractivity contribution in [3.05, 3.63) is 108 Å². The molecule has 1 aliphatic rings. The fourth-order valence-electron chi connectivity index (χ4n) is 4.73. The molecule has 0 radical (unpaired) electrons. The molecule has 3 aromatic carbocycles. The summed E-state index contributed by atoms with van der Waals surface area (Å²) in [5.41, 5.74) is 3.56. The van der Waals surface area contributed by atoms with E-state index in [0.717, 1.165) is 55.3 Å². The van der Waals surface area contributed by atoms with Crippen LogP contribution in [-0.4, -0.2) is 48.1 Å². The molecule has 0 N–H and O–H groups in total. The van der Waals surface area contributed by atoms with E-state index in [9.17, 15) is 4.79 Å². The van der Waals surface area contributed by atoms with Gasteiger partial charge in [0.05, 0.1) is 6.10 Å². The van der Waals surface area contributed by atoms with Gasteiger partial charge < -0.3 is 14.4 Å². The Morgan fingerprint density at radius 3 is 2.24 bits per heavy atom. The molecule has 0 aliphatic carbocycles. The van der Waals surface area contributed by atoms with Gasteiger partial charge in [0.15, 0.2) is 0 Å². The lowest BCUT2D eigenvalue weighted by Gasteiger charge is -2.36. The van der Waals surface area contributed by atoms with Gasteiger partial charge in [0.25, 0.3) is 0 Å². The second-order valence-corrected chi connectivity index (χ2v) is 9.70. The SMILES string of the molecule is CC(C)OC(=O)c1c(-c2ccccc2)ccnc1N1CCN(Cc2cccc(Oc3ccccc3)c2)CC1. The van der Waals surface area contributed by atoms with Crippen LogP contribution >= 0.6 is 0 Å². The van der Waals surface area contributed by atoms with Gasteiger partial charge in [0.2, 0.25) is 0 Å². The van der Waals surface area contributed by atoms with Gasteiger partial charge >= 0.3 is 5.97 Å². The van der Waals surface area contributed by atoms with Crippen LogP contribution in [-0.2, 0) is 11.3 Å². The maximum atomic E-state index is 13.3. The summed E-state index contributed by atoms with van der Waals surface area (Å²) in [6, 6.07) is 29.9. The number of hydrogen-bond acceptors (Lipinski definition) is 6. The zero-order valence-corrected chi connectivity index (χ0v) is 21.9. The number of benzene rings is 3. The van der Waals surface area contributed by atoms with Gasteiger partial charge in [-0.05, 0) is 55.3 Å². The third kappa shape index (κ3) is 6.21. The quantitative estimate of drug-likeness (QED) is 0.256. The average Bonchev–Trinajstić information content (AvgIpc) is 2.94. The van der Waals surface area contributed by atoms with Crippen molar-refractivity contribution < 1.29 is 14.3 Å². The minimum absolute atomic E-state index is 0.210. The van der Waals surface area contributed by atoms with E-state index >= 15 is 0 Å². The molecular formula is C32H33N3O3. The molecule has 6 heteroatoms. The molecule has 0 unspecified atom stereocenters. The average molecular weight is 508 g/mol. The molecule has 1 saturated heterocycles. The van der Waals surface area contributed by atoms with Crippen LogP contribution in [0.15, 0.2) is 97.2 Å². The Morgan fingerprint density at radius 1 is 0.842 bits per heavy atom. The molecule has 5 rings (SSSR count). The smallest absolute Gasteiger partial charge is 0.342 e. The second kappa shape index (κ2) is 11.9. The topological polar surface area (TPSA) is 54.9 Å². The molecular weight excluding hydrogens is 474 g/mol. The molecule has 0 bridgehead atoms. The predicted octanol–water partition coefficient (Wildman–Crippen LogP) is 6.43. The summed E-state index contributed by atoms with van der Waals surface area (Å²) in [7, 11) is 0. The number of ether oxygens (including phenoxy) is 2. The third-order valence-corrected chi connectivity index (χ3v) is 6.52. The number of pyridine rings is 1. The van der Waals surface area contributed by atoms with E-state index in [1.807, 2.05) is 92.7 Å². The molecule has 0 atom stereocenters. The first-order valence-corrected chi connectivity index (χ1v) is 13.1. The zero-order valence-electron chi connectivity index (χ0n) is 21.9. The first-order chi connectivity index (χ1) is 18.6. The first-order valence-electron chi connectivity index (χ1n) is 13.1. The van der Waals surface area contributed by atoms with Crippen LogP contribution in [0.5, 0.6) is 11.5 Å². The van der Waals surface area contributed by atoms with Gasteiger partial charge in [0, 0.05) is 44.5 Å². The van der Waals surface area contributed by atoms with Crippen molar-refractivity contribution in [2.75, 3.05) is 31.1 Å². The molecule has 6 nitrogen and oxygen atoms in total. The van der Waals surface area contributed by atoms with Crippen molar-refractivity contribution >= 4 is 11.8 Å². The summed E-state index contributed by atoms with van der Waals surface area (Å²) in [6.45, 7) is 7.84. The van der Waals surface area contributed by atoms with Crippen molar-refractivity contribution in [1.29, 1.82) is 0 Å². The van der Waals surface area contributed by atoms with E-state index in [2.05, 4.69) is 26.9 Å². The number of nitrogens with zero attached hydrogens (tertiary/aromatic N) is 3. The monoisotopic (exact) mass is 507 g/mol. The van der Waals surface area contributed by atoms with Gasteiger partial charge in [-0.3, -0.25) is 4.90 Å². The van der Waals surface area contributed by atoms with Crippen molar-refractivity contribution in [3.63, 3.8) is 0 Å². The van der Waals surface area contributed by atoms with Gasteiger partial charge in [-0.15, -0.1) is 0 Å². The molecule has 38 heavy (non-hydrogen) atoms. The molecule has 2 heterocycles. The Labute approximate surface area is 224 Å². The number of aromatic nitrogens is 1. The van der Waals surface area contributed by atoms with E-state index < -0.39 is 0 Å². The van der Waals surface area contributed by atoms with Gasteiger partial charge in [-0.1, -0.05) is 60.7 Å². The first kappa shape index (κ1) is 25.5. The Balaban J connectivity index is 1.30. The van der Waals surface area contributed by atoms with E-state index in [-0.39, 0.29) is 12.1 Å². The molecule has 4 aromatic rings. The van der Waals surface area contributed by atoms with Crippen molar-refractivity contribution in [2.24, 2.45) is 0 Å². The highest BCUT2D eigenvalue weighted by atomic mass is 16.5. The number of esters is 1. The van der Waals surface area contributed by atoms with Crippen molar-refractivity contribution in [3.8, 4) is 22.6 Å². The highest BCUT2D eigenvalue weighted by Gasteiger charge is 2.27. The minimum atomic E-state index is -0.334. The number of piperazine rings is 1. The largest absolute Gasteiger partial charge is 0.459 e. The lowest BCUT2D eigenvalue weighted by molar-refractivity contribution is 0.0379. The molecule has 0 spiro atoms. The Morgan fingerprint density at radius 2 is 1.53 bits per heavy atom. The fraction of sp³-hybridized carbons (Fsp3) is 0.250. The Kier molecular flexibility index (Phi) is 8.00. The number of rotatable bonds is 8. The summed E-state index contributed by atoms with van der Waals surface area (Å²) in [5.74, 6) is 2.02. The highest BCUT2D eigenvalue weighted by molar-refractivity contribution is 6.02. The Bertz CT molecular complexity index is 1350. The number of para-hydroxylation sites is 1. The van der Waals surface area contributed by atoms with Crippen LogP contribution in [0.1, 0.15) is 29.8 Å². The maximum Gasteiger partial charge on any atom is 0.342 e. The summed E-state index contributed by atoms with van der Waals surface area (Å²) < 4.78 is 11.7. The van der Waals surface area contributed by atoms with Crippen molar-refractivity contribution in [2.45, 2.75) is 26.5 Å². The third-order valence-electron chi connectivity index (χ3n) is 6.52. The molecule has 194 valence electrons.